The van der Waals surface area contributed by atoms with Crippen molar-refractivity contribution in [2.45, 2.75) is 90.6 Å². The summed E-state index contributed by atoms with van der Waals surface area (Å²) in [4.78, 5) is 0. The Morgan fingerprint density at radius 2 is 1.33 bits per heavy atom. The van der Waals surface area contributed by atoms with Crippen LogP contribution in [0.15, 0.2) is 0 Å². The van der Waals surface area contributed by atoms with E-state index in [9.17, 15) is 0 Å². The van der Waals surface area contributed by atoms with Crippen molar-refractivity contribution in [3.05, 3.63) is 0 Å². The Hall–Kier alpha value is -0.0800. The van der Waals surface area contributed by atoms with E-state index in [0.29, 0.717) is 12.7 Å². The predicted molar refractivity (Wildman–Crippen MR) is 79.0 cm³/mol. The Balaban J connectivity index is 3.02. The van der Waals surface area contributed by atoms with Gasteiger partial charge in [-0.25, -0.2) is 0 Å². The van der Waals surface area contributed by atoms with Gasteiger partial charge in [0.15, 0.2) is 0 Å². The van der Waals surface area contributed by atoms with E-state index in [2.05, 4.69) is 13.8 Å². The van der Waals surface area contributed by atoms with Crippen molar-refractivity contribution in [2.24, 2.45) is 0 Å². The summed E-state index contributed by atoms with van der Waals surface area (Å²) in [5, 5.41) is 8.64. The van der Waals surface area contributed by atoms with Gasteiger partial charge in [-0.15, -0.1) is 0 Å². The fraction of sp³-hybridized carbons (Fsp3) is 1.00. The lowest BCUT2D eigenvalue weighted by Gasteiger charge is -2.11. The molecule has 0 rings (SSSR count). The van der Waals surface area contributed by atoms with Gasteiger partial charge in [0.2, 0.25) is 0 Å². The summed E-state index contributed by atoms with van der Waals surface area (Å²) in [6.45, 7) is 5.00. The Morgan fingerprint density at radius 3 is 1.83 bits per heavy atom. The Bertz CT molecular complexity index is 148. The zero-order valence-corrected chi connectivity index (χ0v) is 12.6. The fourth-order valence-corrected chi connectivity index (χ4v) is 2.26. The van der Waals surface area contributed by atoms with Crippen molar-refractivity contribution in [2.75, 3.05) is 13.2 Å². The Kier molecular flexibility index (Phi) is 14.9. The van der Waals surface area contributed by atoms with Gasteiger partial charge in [-0.2, -0.15) is 0 Å². The van der Waals surface area contributed by atoms with E-state index < -0.39 is 0 Å². The van der Waals surface area contributed by atoms with Gasteiger partial charge in [0.05, 0.1) is 19.3 Å². The van der Waals surface area contributed by atoms with Crippen LogP contribution >= 0.6 is 0 Å². The SMILES string of the molecule is CCCCCCCCCCCCC(C)OCCO. The van der Waals surface area contributed by atoms with Gasteiger partial charge in [-0.1, -0.05) is 71.1 Å². The van der Waals surface area contributed by atoms with Crippen LogP contribution in [0.1, 0.15) is 84.5 Å². The van der Waals surface area contributed by atoms with Gasteiger partial charge in [0, 0.05) is 0 Å². The van der Waals surface area contributed by atoms with Gasteiger partial charge in [0.25, 0.3) is 0 Å². The molecule has 0 heterocycles. The van der Waals surface area contributed by atoms with E-state index in [0.717, 1.165) is 6.42 Å². The third kappa shape index (κ3) is 14.0. The molecule has 0 fully saturated rings. The van der Waals surface area contributed by atoms with Gasteiger partial charge in [-0.05, 0) is 13.3 Å². The zero-order valence-electron chi connectivity index (χ0n) is 12.6. The third-order valence-corrected chi connectivity index (χ3v) is 3.46. The van der Waals surface area contributed by atoms with Gasteiger partial charge < -0.3 is 9.84 Å². The fourth-order valence-electron chi connectivity index (χ4n) is 2.26. The van der Waals surface area contributed by atoms with E-state index in [1.54, 1.807) is 0 Å². The van der Waals surface area contributed by atoms with Crippen LogP contribution < -0.4 is 0 Å². The highest BCUT2D eigenvalue weighted by Crippen LogP contribution is 2.12. The van der Waals surface area contributed by atoms with Crippen molar-refractivity contribution in [1.82, 2.24) is 0 Å². The van der Waals surface area contributed by atoms with Crippen LogP contribution in [0.5, 0.6) is 0 Å². The van der Waals surface area contributed by atoms with Crippen molar-refractivity contribution < 1.29 is 9.84 Å². The maximum absolute atomic E-state index is 8.64. The largest absolute Gasteiger partial charge is 0.394 e. The minimum absolute atomic E-state index is 0.141. The summed E-state index contributed by atoms with van der Waals surface area (Å²) in [5.41, 5.74) is 0. The summed E-state index contributed by atoms with van der Waals surface area (Å²) >= 11 is 0. The molecule has 1 N–H and O–H groups in total. The smallest absolute Gasteiger partial charge is 0.0701 e. The lowest BCUT2D eigenvalue weighted by atomic mass is 10.0. The second-order valence-corrected chi connectivity index (χ2v) is 5.38. The summed E-state index contributed by atoms with van der Waals surface area (Å²) < 4.78 is 5.42. The molecule has 0 aliphatic rings. The number of aliphatic hydroxyl groups is 1. The molecular weight excluding hydrogens is 224 g/mol. The lowest BCUT2D eigenvalue weighted by molar-refractivity contribution is 0.0333. The molecule has 2 nitrogen and oxygen atoms in total. The molecule has 0 aliphatic carbocycles. The molecule has 1 atom stereocenters. The molecular formula is C16H34O2. The van der Waals surface area contributed by atoms with Gasteiger partial charge >= 0.3 is 0 Å². The molecule has 0 spiro atoms. The van der Waals surface area contributed by atoms with Crippen LogP contribution in [0.25, 0.3) is 0 Å². The Morgan fingerprint density at radius 1 is 0.833 bits per heavy atom. The molecule has 0 radical (unpaired) electrons. The van der Waals surface area contributed by atoms with E-state index in [4.69, 9.17) is 9.84 Å². The van der Waals surface area contributed by atoms with Crippen LogP contribution in [-0.2, 0) is 4.74 Å². The monoisotopic (exact) mass is 258 g/mol. The Labute approximate surface area is 114 Å². The first-order valence-electron chi connectivity index (χ1n) is 8.03. The number of hydrogen-bond acceptors (Lipinski definition) is 2. The second-order valence-electron chi connectivity index (χ2n) is 5.38. The first-order valence-corrected chi connectivity index (χ1v) is 8.03. The molecule has 0 saturated carbocycles. The highest BCUT2D eigenvalue weighted by atomic mass is 16.5. The standard InChI is InChI=1S/C16H34O2/c1-3-4-5-6-7-8-9-10-11-12-13-16(2)18-15-14-17/h16-17H,3-15H2,1-2H3. The van der Waals surface area contributed by atoms with Crippen LogP contribution in [0.4, 0.5) is 0 Å². The molecule has 0 aliphatic heterocycles. The summed E-state index contributed by atoms with van der Waals surface area (Å²) in [7, 11) is 0. The molecule has 0 saturated heterocycles. The minimum atomic E-state index is 0.141. The number of unbranched alkanes of at least 4 members (excludes halogenated alkanes) is 9. The molecule has 18 heavy (non-hydrogen) atoms. The van der Waals surface area contributed by atoms with Crippen molar-refractivity contribution >= 4 is 0 Å². The normalized spacial score (nSPS) is 12.8. The van der Waals surface area contributed by atoms with Crippen LogP contribution in [0, 0.1) is 0 Å². The summed E-state index contributed by atoms with van der Waals surface area (Å²) in [6, 6.07) is 0. The van der Waals surface area contributed by atoms with Crippen LogP contribution in [0.2, 0.25) is 0 Å². The maximum atomic E-state index is 8.64. The van der Waals surface area contributed by atoms with Crippen molar-refractivity contribution in [3.63, 3.8) is 0 Å². The highest BCUT2D eigenvalue weighted by Gasteiger charge is 2.01. The van der Waals surface area contributed by atoms with Crippen LogP contribution in [0.3, 0.4) is 0 Å². The average molecular weight is 258 g/mol. The molecule has 0 amide bonds. The number of hydrogen-bond donors (Lipinski definition) is 1. The van der Waals surface area contributed by atoms with Gasteiger partial charge in [-0.3, -0.25) is 0 Å². The lowest BCUT2D eigenvalue weighted by Crippen LogP contribution is -2.11. The zero-order chi connectivity index (χ0) is 13.5. The molecule has 0 aromatic heterocycles. The summed E-state index contributed by atoms with van der Waals surface area (Å²) in [6.07, 6.45) is 15.3. The highest BCUT2D eigenvalue weighted by molar-refractivity contribution is 4.52. The first-order chi connectivity index (χ1) is 8.81. The number of rotatable bonds is 14. The average Bonchev–Trinajstić information content (AvgIpc) is 2.38. The molecule has 0 bridgehead atoms. The quantitative estimate of drug-likeness (QED) is 0.458. The molecule has 2 heteroatoms. The minimum Gasteiger partial charge on any atom is -0.394 e. The van der Waals surface area contributed by atoms with Gasteiger partial charge in [0.1, 0.15) is 0 Å². The van der Waals surface area contributed by atoms with E-state index in [-0.39, 0.29) is 6.61 Å². The van der Waals surface area contributed by atoms with Crippen LogP contribution in [-0.4, -0.2) is 24.4 Å². The second kappa shape index (κ2) is 15.0. The predicted octanol–water partition coefficient (Wildman–Crippen LogP) is 4.69. The molecule has 110 valence electrons. The number of aliphatic hydroxyl groups excluding tert-OH is 1. The number of ether oxygens (including phenoxy) is 1. The van der Waals surface area contributed by atoms with Crippen molar-refractivity contribution in [3.8, 4) is 0 Å². The molecule has 0 aromatic rings. The summed E-state index contributed by atoms with van der Waals surface area (Å²) in [5.74, 6) is 0. The molecule has 0 aromatic carbocycles. The maximum Gasteiger partial charge on any atom is 0.0701 e. The topological polar surface area (TPSA) is 29.5 Å². The van der Waals surface area contributed by atoms with Crippen molar-refractivity contribution in [1.29, 1.82) is 0 Å². The first kappa shape index (κ1) is 17.9. The third-order valence-electron chi connectivity index (χ3n) is 3.46. The van der Waals surface area contributed by atoms with E-state index >= 15 is 0 Å². The van der Waals surface area contributed by atoms with E-state index in [1.165, 1.54) is 64.2 Å². The molecule has 1 unspecified atom stereocenters. The van der Waals surface area contributed by atoms with E-state index in [1.807, 2.05) is 0 Å².